The number of rotatable bonds is 3. The normalized spacial score (nSPS) is 16.3. The zero-order valence-corrected chi connectivity index (χ0v) is 13.8. The maximum atomic E-state index is 6.06. The molecule has 1 saturated carbocycles. The Balaban J connectivity index is 1.92. The summed E-state index contributed by atoms with van der Waals surface area (Å²) in [6, 6.07) is 12.2. The number of fused-ring (bicyclic) bond motifs is 1. The third-order valence-corrected chi connectivity index (χ3v) is 5.18. The molecule has 0 N–H and O–H groups in total. The highest BCUT2D eigenvalue weighted by molar-refractivity contribution is 6.30. The molecule has 0 aliphatic heterocycles. The third-order valence-electron chi connectivity index (χ3n) is 4.93. The van der Waals surface area contributed by atoms with E-state index >= 15 is 0 Å². The number of benzene rings is 1. The van der Waals surface area contributed by atoms with Gasteiger partial charge in [-0.25, -0.2) is 0 Å². The molecule has 0 radical (unpaired) electrons. The predicted molar refractivity (Wildman–Crippen MR) is 93.8 cm³/mol. The fraction of sp³-hybridized carbons (Fsp3) is 0.263. The molecule has 1 aliphatic rings. The van der Waals surface area contributed by atoms with Gasteiger partial charge in [0.05, 0.1) is 5.41 Å². The minimum atomic E-state index is -0.0578. The van der Waals surface area contributed by atoms with Gasteiger partial charge in [-0.2, -0.15) is 0 Å². The molecule has 3 nitrogen and oxygen atoms in total. The van der Waals surface area contributed by atoms with Crippen molar-refractivity contribution in [3.05, 3.63) is 71.1 Å². The first-order chi connectivity index (χ1) is 11.1. The summed E-state index contributed by atoms with van der Waals surface area (Å²) in [5, 5.41) is 9.79. The number of pyridine rings is 1. The zero-order valence-electron chi connectivity index (χ0n) is 13.1. The number of allylic oxidation sites excluding steroid dienone is 1. The summed E-state index contributed by atoms with van der Waals surface area (Å²) in [6.07, 6.45) is 5.43. The number of hydrogen-bond acceptors (Lipinski definition) is 2. The standard InChI is InChI=1S/C19H18ClN3/c1-13(2)16-5-3-12-23-17(16)21-22-18(23)19(10-4-11-19)14-6-8-15(20)9-7-14/h3,5-9,12H,1,4,10-11H2,2H3. The lowest BCUT2D eigenvalue weighted by molar-refractivity contribution is 0.283. The Labute approximate surface area is 140 Å². The smallest absolute Gasteiger partial charge is 0.168 e. The average Bonchev–Trinajstić information content (AvgIpc) is 2.92. The quantitative estimate of drug-likeness (QED) is 0.687. The molecular formula is C19H18ClN3. The van der Waals surface area contributed by atoms with Crippen LogP contribution in [0, 0.1) is 0 Å². The van der Waals surface area contributed by atoms with Crippen molar-refractivity contribution in [3.8, 4) is 0 Å². The molecule has 23 heavy (non-hydrogen) atoms. The van der Waals surface area contributed by atoms with Crippen LogP contribution in [-0.2, 0) is 5.41 Å². The van der Waals surface area contributed by atoms with Crippen LogP contribution < -0.4 is 0 Å². The second kappa shape index (κ2) is 5.20. The molecule has 0 saturated heterocycles. The van der Waals surface area contributed by atoms with Crippen LogP contribution in [0.4, 0.5) is 0 Å². The molecular weight excluding hydrogens is 306 g/mol. The first-order valence-corrected chi connectivity index (χ1v) is 8.26. The van der Waals surface area contributed by atoms with E-state index < -0.39 is 0 Å². The summed E-state index contributed by atoms with van der Waals surface area (Å²) in [5.41, 5.74) is 4.15. The van der Waals surface area contributed by atoms with E-state index in [-0.39, 0.29) is 5.41 Å². The maximum Gasteiger partial charge on any atom is 0.168 e. The van der Waals surface area contributed by atoms with Crippen LogP contribution in [0.15, 0.2) is 49.2 Å². The Morgan fingerprint density at radius 3 is 2.52 bits per heavy atom. The number of halogens is 1. The Hall–Kier alpha value is -2.13. The SMILES string of the molecule is C=C(C)c1cccn2c(C3(c4ccc(Cl)cc4)CCC3)nnc12. The van der Waals surface area contributed by atoms with Crippen molar-refractivity contribution >= 4 is 22.8 Å². The second-order valence-electron chi connectivity index (χ2n) is 6.36. The molecule has 0 bridgehead atoms. The van der Waals surface area contributed by atoms with E-state index in [1.54, 1.807) is 0 Å². The minimum Gasteiger partial charge on any atom is -0.285 e. The van der Waals surface area contributed by atoms with E-state index in [9.17, 15) is 0 Å². The van der Waals surface area contributed by atoms with Crippen LogP contribution in [0.1, 0.15) is 43.1 Å². The summed E-state index contributed by atoms with van der Waals surface area (Å²) >= 11 is 6.06. The van der Waals surface area contributed by atoms with Gasteiger partial charge in [0, 0.05) is 16.8 Å². The minimum absolute atomic E-state index is 0.0578. The molecule has 4 heteroatoms. The Morgan fingerprint density at radius 1 is 1.17 bits per heavy atom. The number of aromatic nitrogens is 3. The van der Waals surface area contributed by atoms with Gasteiger partial charge in [0.2, 0.25) is 0 Å². The highest BCUT2D eigenvalue weighted by Crippen LogP contribution is 2.48. The lowest BCUT2D eigenvalue weighted by atomic mass is 9.64. The Kier molecular flexibility index (Phi) is 3.27. The average molecular weight is 324 g/mol. The van der Waals surface area contributed by atoms with Crippen molar-refractivity contribution in [3.63, 3.8) is 0 Å². The van der Waals surface area contributed by atoms with Crippen LogP contribution in [0.3, 0.4) is 0 Å². The summed E-state index contributed by atoms with van der Waals surface area (Å²) in [7, 11) is 0. The molecule has 1 fully saturated rings. The lowest BCUT2D eigenvalue weighted by Crippen LogP contribution is -2.37. The van der Waals surface area contributed by atoms with E-state index in [2.05, 4.69) is 33.3 Å². The first-order valence-electron chi connectivity index (χ1n) is 7.88. The van der Waals surface area contributed by atoms with Crippen molar-refractivity contribution < 1.29 is 0 Å². The molecule has 3 aromatic rings. The summed E-state index contributed by atoms with van der Waals surface area (Å²) in [5.74, 6) is 1.02. The van der Waals surface area contributed by atoms with E-state index in [1.165, 1.54) is 12.0 Å². The van der Waals surface area contributed by atoms with Crippen molar-refractivity contribution in [1.82, 2.24) is 14.6 Å². The molecule has 4 rings (SSSR count). The van der Waals surface area contributed by atoms with Gasteiger partial charge in [-0.05, 0) is 55.2 Å². The van der Waals surface area contributed by atoms with E-state index in [0.29, 0.717) is 0 Å². The van der Waals surface area contributed by atoms with Crippen LogP contribution in [-0.4, -0.2) is 14.6 Å². The van der Waals surface area contributed by atoms with Gasteiger partial charge < -0.3 is 0 Å². The topological polar surface area (TPSA) is 30.2 Å². The van der Waals surface area contributed by atoms with Crippen LogP contribution in [0.2, 0.25) is 5.02 Å². The molecule has 1 aliphatic carbocycles. The van der Waals surface area contributed by atoms with E-state index in [4.69, 9.17) is 11.6 Å². The zero-order chi connectivity index (χ0) is 16.0. The van der Waals surface area contributed by atoms with Crippen molar-refractivity contribution in [1.29, 1.82) is 0 Å². The molecule has 0 amide bonds. The number of hydrogen-bond donors (Lipinski definition) is 0. The van der Waals surface area contributed by atoms with Crippen LogP contribution in [0.25, 0.3) is 11.2 Å². The molecule has 0 atom stereocenters. The second-order valence-corrected chi connectivity index (χ2v) is 6.80. The molecule has 2 heterocycles. The van der Waals surface area contributed by atoms with Gasteiger partial charge in [-0.15, -0.1) is 10.2 Å². The summed E-state index contributed by atoms with van der Waals surface area (Å²) < 4.78 is 2.12. The maximum absolute atomic E-state index is 6.06. The summed E-state index contributed by atoms with van der Waals surface area (Å²) in [6.45, 7) is 6.06. The van der Waals surface area contributed by atoms with Gasteiger partial charge >= 0.3 is 0 Å². The van der Waals surface area contributed by atoms with Crippen molar-refractivity contribution in [2.75, 3.05) is 0 Å². The first kappa shape index (κ1) is 14.5. The van der Waals surface area contributed by atoms with Gasteiger partial charge in [-0.1, -0.05) is 36.7 Å². The van der Waals surface area contributed by atoms with Gasteiger partial charge in [0.25, 0.3) is 0 Å². The molecule has 0 spiro atoms. The van der Waals surface area contributed by atoms with Crippen molar-refractivity contribution in [2.24, 2.45) is 0 Å². The molecule has 1 aromatic carbocycles. The third kappa shape index (κ3) is 2.11. The molecule has 116 valence electrons. The Bertz CT molecular complexity index is 889. The largest absolute Gasteiger partial charge is 0.285 e. The Morgan fingerprint density at radius 2 is 1.91 bits per heavy atom. The monoisotopic (exact) mass is 323 g/mol. The van der Waals surface area contributed by atoms with Crippen LogP contribution >= 0.6 is 11.6 Å². The predicted octanol–water partition coefficient (Wildman–Crippen LogP) is 4.89. The molecule has 0 unspecified atom stereocenters. The van der Waals surface area contributed by atoms with Gasteiger partial charge in [0.1, 0.15) is 5.82 Å². The van der Waals surface area contributed by atoms with Crippen LogP contribution in [0.5, 0.6) is 0 Å². The van der Waals surface area contributed by atoms with E-state index in [1.807, 2.05) is 37.4 Å². The summed E-state index contributed by atoms with van der Waals surface area (Å²) in [4.78, 5) is 0. The van der Waals surface area contributed by atoms with E-state index in [0.717, 1.165) is 40.5 Å². The highest BCUT2D eigenvalue weighted by atomic mass is 35.5. The fourth-order valence-electron chi connectivity index (χ4n) is 3.52. The lowest BCUT2D eigenvalue weighted by Gasteiger charge is -2.40. The van der Waals surface area contributed by atoms with Gasteiger partial charge in [-0.3, -0.25) is 4.40 Å². The highest BCUT2D eigenvalue weighted by Gasteiger charge is 2.44. The van der Waals surface area contributed by atoms with Crippen molar-refractivity contribution in [2.45, 2.75) is 31.6 Å². The van der Waals surface area contributed by atoms with Gasteiger partial charge in [0.15, 0.2) is 5.65 Å². The fourth-order valence-corrected chi connectivity index (χ4v) is 3.64. The molecule has 2 aromatic heterocycles. The number of nitrogens with zero attached hydrogens (tertiary/aromatic N) is 3.